The molecular formula is C15H24O5. The number of rotatable bonds is 6. The van der Waals surface area contributed by atoms with E-state index in [2.05, 4.69) is 0 Å². The maximum atomic E-state index is 12.1. The van der Waals surface area contributed by atoms with Crippen LogP contribution in [0.5, 0.6) is 0 Å². The Morgan fingerprint density at radius 2 is 2.05 bits per heavy atom. The van der Waals surface area contributed by atoms with Gasteiger partial charge in [0.1, 0.15) is 0 Å². The van der Waals surface area contributed by atoms with Crippen LogP contribution in [0.25, 0.3) is 0 Å². The number of hydrogen-bond acceptors (Lipinski definition) is 5. The average Bonchev–Trinajstić information content (AvgIpc) is 3.29. The molecule has 2 aliphatic rings. The van der Waals surface area contributed by atoms with Crippen molar-refractivity contribution in [2.45, 2.75) is 45.1 Å². The molecule has 0 bridgehead atoms. The van der Waals surface area contributed by atoms with Crippen LogP contribution < -0.4 is 0 Å². The van der Waals surface area contributed by atoms with Crippen molar-refractivity contribution < 1.29 is 23.8 Å². The molecule has 0 N–H and O–H groups in total. The van der Waals surface area contributed by atoms with E-state index in [1.165, 1.54) is 20.0 Å². The number of methoxy groups -OCH3 is 1. The predicted octanol–water partition coefficient (Wildman–Crippen LogP) is 1.93. The molecule has 0 spiro atoms. The van der Waals surface area contributed by atoms with Gasteiger partial charge < -0.3 is 14.2 Å². The molecule has 5 nitrogen and oxygen atoms in total. The SMILES string of the molecule is CCOC(=O)[C@@H](CC(=O)OC)[C@@H]1CCO[C@H](C2CC2)C1. The Labute approximate surface area is 120 Å². The zero-order chi connectivity index (χ0) is 14.5. The highest BCUT2D eigenvalue weighted by Crippen LogP contribution is 2.41. The van der Waals surface area contributed by atoms with E-state index in [1.54, 1.807) is 6.92 Å². The van der Waals surface area contributed by atoms with E-state index in [-0.39, 0.29) is 30.4 Å². The summed E-state index contributed by atoms with van der Waals surface area (Å²) in [7, 11) is 1.35. The Hall–Kier alpha value is -1.10. The lowest BCUT2D eigenvalue weighted by Gasteiger charge is -2.33. The number of hydrogen-bond donors (Lipinski definition) is 0. The first kappa shape index (κ1) is 15.3. The molecule has 1 saturated heterocycles. The van der Waals surface area contributed by atoms with Gasteiger partial charge in [0.05, 0.1) is 32.2 Å². The molecule has 1 heterocycles. The van der Waals surface area contributed by atoms with Crippen molar-refractivity contribution in [3.05, 3.63) is 0 Å². The number of carbonyl (C=O) groups is 2. The minimum absolute atomic E-state index is 0.109. The van der Waals surface area contributed by atoms with Gasteiger partial charge in [0, 0.05) is 6.61 Å². The molecule has 3 atom stereocenters. The molecule has 20 heavy (non-hydrogen) atoms. The molecule has 2 fully saturated rings. The van der Waals surface area contributed by atoms with Crippen LogP contribution in [0.2, 0.25) is 0 Å². The highest BCUT2D eigenvalue weighted by Gasteiger charge is 2.41. The second-order valence-corrected chi connectivity index (χ2v) is 5.67. The fourth-order valence-electron chi connectivity index (χ4n) is 2.97. The molecule has 2 rings (SSSR count). The zero-order valence-corrected chi connectivity index (χ0v) is 12.3. The van der Waals surface area contributed by atoms with E-state index in [9.17, 15) is 9.59 Å². The van der Waals surface area contributed by atoms with E-state index in [0.29, 0.717) is 19.1 Å². The summed E-state index contributed by atoms with van der Waals surface area (Å²) in [5.74, 6) is -0.212. The summed E-state index contributed by atoms with van der Waals surface area (Å²) in [5, 5.41) is 0. The summed E-state index contributed by atoms with van der Waals surface area (Å²) in [6, 6.07) is 0. The standard InChI is InChI=1S/C15H24O5/c1-3-19-15(17)12(9-14(16)18-2)11-6-7-20-13(8-11)10-4-5-10/h10-13H,3-9H2,1-2H3/t11-,12+,13+/m1/s1. The monoisotopic (exact) mass is 284 g/mol. The summed E-state index contributed by atoms with van der Waals surface area (Å²) < 4.78 is 15.6. The molecule has 1 aliphatic heterocycles. The molecule has 114 valence electrons. The third-order valence-corrected chi connectivity index (χ3v) is 4.28. The molecule has 0 aromatic carbocycles. The van der Waals surface area contributed by atoms with Crippen LogP contribution in [0.1, 0.15) is 39.0 Å². The molecule has 0 aromatic rings. The summed E-state index contributed by atoms with van der Waals surface area (Å²) in [5.41, 5.74) is 0. The van der Waals surface area contributed by atoms with Crippen LogP contribution in [0, 0.1) is 17.8 Å². The molecule has 1 aliphatic carbocycles. The van der Waals surface area contributed by atoms with Gasteiger partial charge in [-0.15, -0.1) is 0 Å². The van der Waals surface area contributed by atoms with Gasteiger partial charge in [0.25, 0.3) is 0 Å². The quantitative estimate of drug-likeness (QED) is 0.697. The normalized spacial score (nSPS) is 27.7. The van der Waals surface area contributed by atoms with Gasteiger partial charge in [-0.05, 0) is 44.4 Å². The summed E-state index contributed by atoms with van der Waals surface area (Å²) >= 11 is 0. The first-order valence-corrected chi connectivity index (χ1v) is 7.50. The van der Waals surface area contributed by atoms with Gasteiger partial charge in [-0.25, -0.2) is 0 Å². The van der Waals surface area contributed by atoms with Crippen LogP contribution in [0.4, 0.5) is 0 Å². The molecular weight excluding hydrogens is 260 g/mol. The van der Waals surface area contributed by atoms with Crippen molar-refractivity contribution in [2.75, 3.05) is 20.3 Å². The number of esters is 2. The first-order valence-electron chi connectivity index (χ1n) is 7.50. The zero-order valence-electron chi connectivity index (χ0n) is 12.3. The fourth-order valence-corrected chi connectivity index (χ4v) is 2.97. The number of ether oxygens (including phenoxy) is 3. The predicted molar refractivity (Wildman–Crippen MR) is 71.9 cm³/mol. The highest BCUT2D eigenvalue weighted by molar-refractivity contribution is 5.80. The summed E-state index contributed by atoms with van der Waals surface area (Å²) in [4.78, 5) is 23.7. The van der Waals surface area contributed by atoms with Gasteiger partial charge in [0.15, 0.2) is 0 Å². The van der Waals surface area contributed by atoms with Crippen molar-refractivity contribution in [3.8, 4) is 0 Å². The number of carbonyl (C=O) groups excluding carboxylic acids is 2. The van der Waals surface area contributed by atoms with E-state index in [0.717, 1.165) is 12.8 Å². The van der Waals surface area contributed by atoms with Gasteiger partial charge in [-0.1, -0.05) is 0 Å². The molecule has 0 amide bonds. The highest BCUT2D eigenvalue weighted by atomic mass is 16.5. The minimum atomic E-state index is -0.396. The van der Waals surface area contributed by atoms with Gasteiger partial charge >= 0.3 is 11.9 Å². The summed E-state index contributed by atoms with van der Waals surface area (Å²) in [6.45, 7) is 2.79. The third-order valence-electron chi connectivity index (χ3n) is 4.28. The van der Waals surface area contributed by atoms with Crippen molar-refractivity contribution in [3.63, 3.8) is 0 Å². The van der Waals surface area contributed by atoms with Gasteiger partial charge in [0.2, 0.25) is 0 Å². The maximum Gasteiger partial charge on any atom is 0.309 e. The molecule has 0 aromatic heterocycles. The van der Waals surface area contributed by atoms with Crippen LogP contribution in [0.3, 0.4) is 0 Å². The van der Waals surface area contributed by atoms with E-state index in [4.69, 9.17) is 14.2 Å². The Morgan fingerprint density at radius 1 is 1.30 bits per heavy atom. The molecule has 1 saturated carbocycles. The molecule has 0 unspecified atom stereocenters. The van der Waals surface area contributed by atoms with Crippen molar-refractivity contribution >= 4 is 11.9 Å². The topological polar surface area (TPSA) is 61.8 Å². The fraction of sp³-hybridized carbons (Fsp3) is 0.867. The van der Waals surface area contributed by atoms with Gasteiger partial charge in [-0.3, -0.25) is 9.59 Å². The van der Waals surface area contributed by atoms with E-state index in [1.807, 2.05) is 0 Å². The Bertz CT molecular complexity index is 350. The van der Waals surface area contributed by atoms with E-state index < -0.39 is 5.92 Å². The second-order valence-electron chi connectivity index (χ2n) is 5.67. The molecule has 5 heteroatoms. The summed E-state index contributed by atoms with van der Waals surface area (Å²) in [6.07, 6.45) is 4.46. The van der Waals surface area contributed by atoms with Gasteiger partial charge in [-0.2, -0.15) is 0 Å². The van der Waals surface area contributed by atoms with Crippen LogP contribution in [0.15, 0.2) is 0 Å². The largest absolute Gasteiger partial charge is 0.469 e. The van der Waals surface area contributed by atoms with E-state index >= 15 is 0 Å². The lowest BCUT2D eigenvalue weighted by atomic mass is 9.81. The first-order chi connectivity index (χ1) is 9.65. The third kappa shape index (κ3) is 3.95. The van der Waals surface area contributed by atoms with Crippen LogP contribution >= 0.6 is 0 Å². The van der Waals surface area contributed by atoms with Crippen molar-refractivity contribution in [1.82, 2.24) is 0 Å². The lowest BCUT2D eigenvalue weighted by Crippen LogP contribution is -2.36. The Morgan fingerprint density at radius 3 is 2.65 bits per heavy atom. The smallest absolute Gasteiger partial charge is 0.309 e. The van der Waals surface area contributed by atoms with Crippen LogP contribution in [-0.4, -0.2) is 38.4 Å². The average molecular weight is 284 g/mol. The van der Waals surface area contributed by atoms with Crippen molar-refractivity contribution in [1.29, 1.82) is 0 Å². The van der Waals surface area contributed by atoms with Crippen LogP contribution in [-0.2, 0) is 23.8 Å². The Balaban J connectivity index is 1.99. The van der Waals surface area contributed by atoms with Crippen molar-refractivity contribution in [2.24, 2.45) is 17.8 Å². The Kier molecular flexibility index (Phi) is 5.40. The maximum absolute atomic E-state index is 12.1. The molecule has 0 radical (unpaired) electrons. The minimum Gasteiger partial charge on any atom is -0.469 e. The second kappa shape index (κ2) is 7.07. The lowest BCUT2D eigenvalue weighted by molar-refractivity contribution is -0.158.